The lowest BCUT2D eigenvalue weighted by Crippen LogP contribution is -1.99. The number of nitrogens with zero attached hydrogens (tertiary/aromatic N) is 13. The molecule has 8 aromatic carbocycles. The van der Waals surface area contributed by atoms with Crippen LogP contribution < -0.4 is 4.74 Å². The zero-order chi connectivity index (χ0) is 78.8. The summed E-state index contributed by atoms with van der Waals surface area (Å²) < 4.78 is 36.8. The molecule has 0 atom stereocenters. The number of thiophene rings is 1. The van der Waals surface area contributed by atoms with Crippen LogP contribution in [0.3, 0.4) is 0 Å². The molecule has 570 valence electrons. The molecule has 8 aromatic heterocycles. The maximum absolute atomic E-state index is 10.7. The number of ether oxygens (including phenoxy) is 2. The predicted octanol–water partition coefficient (Wildman–Crippen LogP) is 23.0. The minimum absolute atomic E-state index is 0.202. The van der Waals surface area contributed by atoms with Crippen molar-refractivity contribution in [2.75, 3.05) is 14.2 Å². The number of nitrogens with one attached hydrogen (secondary N) is 1. The molecule has 22 nitrogen and oxygen atoms in total. The summed E-state index contributed by atoms with van der Waals surface area (Å²) in [6.45, 7) is 1.77. The van der Waals surface area contributed by atoms with Crippen molar-refractivity contribution in [2.45, 2.75) is 56.1 Å². The van der Waals surface area contributed by atoms with Crippen molar-refractivity contribution in [2.24, 2.45) is 0 Å². The summed E-state index contributed by atoms with van der Waals surface area (Å²) in [6, 6.07) is 71.4. The van der Waals surface area contributed by atoms with Gasteiger partial charge in [0, 0.05) is 76.9 Å². The highest BCUT2D eigenvalue weighted by Crippen LogP contribution is 2.32. The molecule has 0 amide bonds. The van der Waals surface area contributed by atoms with Gasteiger partial charge in [-0.1, -0.05) is 186 Å². The van der Waals surface area contributed by atoms with Crippen molar-refractivity contribution >= 4 is 136 Å². The van der Waals surface area contributed by atoms with Crippen LogP contribution in [-0.2, 0) is 45.9 Å². The second kappa shape index (κ2) is 44.5. The first-order valence-electron chi connectivity index (χ1n) is 33.9. The summed E-state index contributed by atoms with van der Waals surface area (Å²) in [5.41, 5.74) is 10.6. The highest BCUT2D eigenvalue weighted by molar-refractivity contribution is 9.10. The van der Waals surface area contributed by atoms with E-state index in [2.05, 4.69) is 119 Å². The Morgan fingerprint density at radius 1 is 0.500 bits per heavy atom. The number of halogens is 8. The van der Waals surface area contributed by atoms with Crippen LogP contribution in [0.1, 0.15) is 59.0 Å². The van der Waals surface area contributed by atoms with Gasteiger partial charge in [0.15, 0.2) is 17.5 Å². The molecule has 0 saturated heterocycles. The second-order valence-corrected chi connectivity index (χ2v) is 27.6. The van der Waals surface area contributed by atoms with Crippen molar-refractivity contribution in [1.82, 2.24) is 70.8 Å². The number of esters is 1. The van der Waals surface area contributed by atoms with Crippen LogP contribution in [0.2, 0.25) is 10.3 Å². The fourth-order valence-electron chi connectivity index (χ4n) is 10.0. The molecule has 0 spiro atoms. The van der Waals surface area contributed by atoms with Crippen molar-refractivity contribution < 1.29 is 36.7 Å². The first-order chi connectivity index (χ1) is 54.7. The fraction of sp³-hybridized carbons (Fsp3) is 0.136. The average molecular weight is 1770 g/mol. The molecule has 8 heterocycles. The molecule has 0 saturated carbocycles. The van der Waals surface area contributed by atoms with Gasteiger partial charge in [0.05, 0.1) is 25.0 Å². The number of aryl methyl sites for hydroxylation is 3. The third-order valence-corrected chi connectivity index (χ3v) is 18.5. The van der Waals surface area contributed by atoms with E-state index in [4.69, 9.17) is 96.7 Å². The van der Waals surface area contributed by atoms with Gasteiger partial charge in [-0.3, -0.25) is 0 Å². The number of benzene rings is 8. The zero-order valence-corrected chi connectivity index (χ0v) is 68.3. The molecule has 1 N–H and O–H groups in total. The predicted molar refractivity (Wildman–Crippen MR) is 445 cm³/mol. The van der Waals surface area contributed by atoms with E-state index in [0.29, 0.717) is 70.4 Å². The molecule has 16 aromatic rings. The summed E-state index contributed by atoms with van der Waals surface area (Å²) in [5, 5.41) is 30.9. The molecular weight excluding hydrogens is 1700 g/mol. The van der Waals surface area contributed by atoms with Gasteiger partial charge in [0.2, 0.25) is 52.3 Å². The van der Waals surface area contributed by atoms with Gasteiger partial charge < -0.3 is 36.9 Å². The van der Waals surface area contributed by atoms with E-state index in [1.54, 1.807) is 31.4 Å². The highest BCUT2D eigenvalue weighted by atomic mass is 79.9. The van der Waals surface area contributed by atoms with Gasteiger partial charge >= 0.3 is 5.97 Å². The number of hydrogen-bond acceptors (Lipinski definition) is 22. The zero-order valence-electron chi connectivity index (χ0n) is 59.8. The number of hydrogen-bond donors (Lipinski definition) is 1. The van der Waals surface area contributed by atoms with Crippen LogP contribution in [0.15, 0.2) is 267 Å². The van der Waals surface area contributed by atoms with Gasteiger partial charge in [0.25, 0.3) is 5.89 Å². The van der Waals surface area contributed by atoms with Crippen LogP contribution in [0.4, 0.5) is 0 Å². The van der Waals surface area contributed by atoms with E-state index >= 15 is 0 Å². The van der Waals surface area contributed by atoms with Crippen molar-refractivity contribution in [3.63, 3.8) is 0 Å². The lowest BCUT2D eigenvalue weighted by Gasteiger charge is -2.10. The van der Waals surface area contributed by atoms with E-state index in [-0.39, 0.29) is 34.8 Å². The molecule has 1 aliphatic carbocycles. The number of methoxy groups -OCH3 is 2. The van der Waals surface area contributed by atoms with E-state index < -0.39 is 0 Å². The Balaban J connectivity index is 0.000000136. The first-order valence-corrected chi connectivity index (χ1v) is 39.3. The molecule has 31 heteroatoms. The third-order valence-electron chi connectivity index (χ3n) is 15.3. The van der Waals surface area contributed by atoms with Crippen molar-refractivity contribution in [3.05, 3.63) is 301 Å². The normalized spacial score (nSPS) is 11.0. The Morgan fingerprint density at radius 3 is 1.60 bits per heavy atom. The van der Waals surface area contributed by atoms with Crippen LogP contribution >= 0.6 is 113 Å². The second-order valence-electron chi connectivity index (χ2n) is 23.0. The molecule has 112 heavy (non-hydrogen) atoms. The van der Waals surface area contributed by atoms with Crippen molar-refractivity contribution in [1.29, 1.82) is 0 Å². The van der Waals surface area contributed by atoms with Crippen LogP contribution in [0.25, 0.3) is 96.2 Å². The number of rotatable bonds is 14. The Hall–Kier alpha value is -10.6. The largest absolute Gasteiger partial charge is 0.497 e. The Labute approximate surface area is 694 Å². The topological polar surface area (TPSA) is 285 Å². The van der Waals surface area contributed by atoms with Gasteiger partial charge in [0.1, 0.15) is 23.4 Å². The molecule has 0 unspecified atom stereocenters. The summed E-state index contributed by atoms with van der Waals surface area (Å²) in [4.78, 5) is 40.3. The summed E-state index contributed by atoms with van der Waals surface area (Å²) in [6.07, 6.45) is 8.12. The molecule has 0 bridgehead atoms. The first kappa shape index (κ1) is 83.9. The third kappa shape index (κ3) is 26.0. The monoisotopic (exact) mass is 1760 g/mol. The molecule has 17 rings (SSSR count). The number of aromatic nitrogens is 14. The standard InChI is InChI=1S/C15H10ClN3.C12H12ClN.C10H9BrO2.C10H9ClN2O2.C9H7BrN2O.2C9H7ClN2O.C7H5ClN2OS/c16-15-18-13(11-7-3-1-4-8-11)17-14(19-15)12-9-5-2-6-10-12;13-8-5-6-12-10(7-8)9-3-1-2-4-11(9)14-12;1-13-10(12)6-5-8-3-2-4-9(11)7-8;1-14-8-4-2-7(3-5-8)10-13-12-9(6-11)15-10;1-6-11-12-9(13-6)7-2-4-8(10)5-3-7;10-6-8-11-9(12-13-8)7-4-2-1-3-5-7;10-6-8-11-9(13-12-8)7-4-2-1-3-5-7;8-4-6-9-7(10-11-6)5-2-1-3-12-5/h1-10H;5-7,14H,1-4H2;2-7H,1H3;2-5H,6H2,1H3;2-5H,1H3;2*1-5H,6H2;1-3H,4H2/b;;6-5+;;;;;. The number of fused-ring (bicyclic) bond motifs is 3. The average Bonchev–Trinajstić information content (AvgIpc) is 1.80. The number of carbonyl (C=O) groups is 1. The highest BCUT2D eigenvalue weighted by Gasteiger charge is 2.17. The molecule has 0 fully saturated rings. The van der Waals surface area contributed by atoms with Gasteiger partial charge in [-0.15, -0.1) is 78.1 Å². The number of aromatic amines is 1. The molecule has 1 aliphatic rings. The summed E-state index contributed by atoms with van der Waals surface area (Å²) >= 11 is 42.4. The molecule has 0 aliphatic heterocycles. The van der Waals surface area contributed by atoms with Gasteiger partial charge in [-0.25, -0.2) is 9.78 Å². The summed E-state index contributed by atoms with van der Waals surface area (Å²) in [7, 11) is 2.97. The Kier molecular flexibility index (Phi) is 33.3. The number of carbonyl (C=O) groups excluding carboxylic acids is 1. The van der Waals surface area contributed by atoms with Gasteiger partial charge in [-0.05, 0) is 157 Å². The van der Waals surface area contributed by atoms with Crippen molar-refractivity contribution in [3.8, 4) is 85.0 Å². The Bertz CT molecular complexity index is 5380. The minimum atomic E-state index is -0.347. The minimum Gasteiger partial charge on any atom is -0.497 e. The maximum atomic E-state index is 10.7. The Morgan fingerprint density at radius 2 is 1.06 bits per heavy atom. The number of alkyl halides is 4. The molecule has 0 radical (unpaired) electrons. The van der Waals surface area contributed by atoms with Crippen LogP contribution in [0, 0.1) is 6.92 Å². The van der Waals surface area contributed by atoms with E-state index in [9.17, 15) is 4.79 Å². The number of H-pyrrole nitrogens is 1. The SMILES string of the molecule is COC(=O)/C=C/c1cccc(Br)c1.COc1ccc(-c2nnc(CCl)o2)cc1.Cc1nnc(-c2ccc(Br)cc2)o1.ClCc1nc(-c2ccccc2)no1.ClCc1nc(-c2cccs2)no1.ClCc1noc(-c2ccccc2)n1.Clc1ccc2[nH]c3c(c2c1)CCCC3.Clc1nc(-c2ccccc2)nc(-c2ccccc2)n1. The van der Waals surface area contributed by atoms with Crippen LogP contribution in [0.5, 0.6) is 5.75 Å². The lowest BCUT2D eigenvalue weighted by molar-refractivity contribution is -0.134. The quantitative estimate of drug-likeness (QED) is 0.0601. The van der Waals surface area contributed by atoms with Gasteiger partial charge in [-0.2, -0.15) is 24.9 Å². The maximum Gasteiger partial charge on any atom is 0.330 e. The van der Waals surface area contributed by atoms with E-state index in [0.717, 1.165) is 63.5 Å². The smallest absolute Gasteiger partial charge is 0.330 e. The summed E-state index contributed by atoms with van der Waals surface area (Å²) in [5.74, 6) is 7.76. The lowest BCUT2D eigenvalue weighted by atomic mass is 9.96. The molecular formula is C81H66Br2Cl6N14O8S. The van der Waals surface area contributed by atoms with Crippen LogP contribution in [-0.4, -0.2) is 90.9 Å². The van der Waals surface area contributed by atoms with E-state index in [1.165, 1.54) is 61.0 Å². The van der Waals surface area contributed by atoms with E-state index in [1.807, 2.05) is 218 Å². The fourth-order valence-corrected chi connectivity index (χ4v) is 12.1.